The highest BCUT2D eigenvalue weighted by Crippen LogP contribution is 2.46. The molecule has 1 saturated carbocycles. The minimum Gasteiger partial charge on any atom is -0.496 e. The van der Waals surface area contributed by atoms with Gasteiger partial charge in [-0.3, -0.25) is 4.90 Å². The van der Waals surface area contributed by atoms with Gasteiger partial charge in [0.05, 0.1) is 7.11 Å². The van der Waals surface area contributed by atoms with Gasteiger partial charge in [-0.25, -0.2) is 0 Å². The van der Waals surface area contributed by atoms with Crippen molar-refractivity contribution in [2.75, 3.05) is 20.2 Å². The quantitative estimate of drug-likeness (QED) is 0.314. The van der Waals surface area contributed by atoms with E-state index in [4.69, 9.17) is 9.47 Å². The molecule has 0 bridgehead atoms. The van der Waals surface area contributed by atoms with Crippen LogP contribution >= 0.6 is 0 Å². The molecule has 2 atom stereocenters. The first-order chi connectivity index (χ1) is 16.8. The zero-order valence-electron chi connectivity index (χ0n) is 20.0. The van der Waals surface area contributed by atoms with Gasteiger partial charge in [0.2, 0.25) is 0 Å². The van der Waals surface area contributed by atoms with E-state index in [1.807, 2.05) is 0 Å². The monoisotopic (exact) mass is 451 g/mol. The second-order valence-corrected chi connectivity index (χ2v) is 9.77. The van der Waals surface area contributed by atoms with Gasteiger partial charge in [0.1, 0.15) is 17.6 Å². The van der Waals surface area contributed by atoms with Gasteiger partial charge in [0.25, 0.3) is 0 Å². The van der Waals surface area contributed by atoms with Crippen molar-refractivity contribution >= 4 is 21.5 Å². The number of fused-ring (bicyclic) bond motifs is 2. The van der Waals surface area contributed by atoms with Crippen LogP contribution in [0.3, 0.4) is 0 Å². The lowest BCUT2D eigenvalue weighted by Gasteiger charge is -2.38. The number of hydrogen-bond donors (Lipinski definition) is 0. The molecule has 0 spiro atoms. The molecule has 2 aliphatic rings. The lowest BCUT2D eigenvalue weighted by Crippen LogP contribution is -2.46. The van der Waals surface area contributed by atoms with Crippen LogP contribution in [-0.2, 0) is 0 Å². The molecule has 0 radical (unpaired) electrons. The van der Waals surface area contributed by atoms with Crippen molar-refractivity contribution in [3.63, 3.8) is 0 Å². The number of methoxy groups -OCH3 is 1. The van der Waals surface area contributed by atoms with Crippen LogP contribution in [0.2, 0.25) is 0 Å². The highest BCUT2D eigenvalue weighted by atomic mass is 16.5. The maximum atomic E-state index is 7.03. The van der Waals surface area contributed by atoms with Crippen molar-refractivity contribution in [3.8, 4) is 22.6 Å². The largest absolute Gasteiger partial charge is 0.496 e. The number of benzene rings is 4. The zero-order valence-corrected chi connectivity index (χ0v) is 20.0. The van der Waals surface area contributed by atoms with Gasteiger partial charge in [0, 0.05) is 17.2 Å². The van der Waals surface area contributed by atoms with Gasteiger partial charge in [-0.2, -0.15) is 0 Å². The molecule has 4 aromatic carbocycles. The summed E-state index contributed by atoms with van der Waals surface area (Å²) >= 11 is 0. The predicted molar refractivity (Wildman–Crippen MR) is 141 cm³/mol. The molecule has 1 aliphatic carbocycles. The predicted octanol–water partition coefficient (Wildman–Crippen LogP) is 7.45. The van der Waals surface area contributed by atoms with Crippen LogP contribution in [0.1, 0.15) is 38.5 Å². The standard InChI is InChI=1S/C31H33NO2/c1-33-28-18-16-22-10-2-4-12-24(22)30(28)31-25-13-5-3-11-23(25)17-19-29(31)34-27-15-7-6-14-26(27)32-20-8-9-21-32/h2-5,10-13,16-19,26-27H,6-9,14-15,20-21H2,1H3/t26-,27-/m0/s1. The van der Waals surface area contributed by atoms with Gasteiger partial charge >= 0.3 is 0 Å². The van der Waals surface area contributed by atoms with Crippen LogP contribution < -0.4 is 9.47 Å². The summed E-state index contributed by atoms with van der Waals surface area (Å²) in [4.78, 5) is 2.68. The van der Waals surface area contributed by atoms with Crippen LogP contribution in [0, 0.1) is 0 Å². The molecule has 0 N–H and O–H groups in total. The van der Waals surface area contributed by atoms with Crippen molar-refractivity contribution < 1.29 is 9.47 Å². The smallest absolute Gasteiger partial charge is 0.128 e. The van der Waals surface area contributed by atoms with E-state index in [2.05, 4.69) is 77.7 Å². The van der Waals surface area contributed by atoms with Crippen LogP contribution in [-0.4, -0.2) is 37.2 Å². The Hall–Kier alpha value is -3.04. The van der Waals surface area contributed by atoms with E-state index in [0.717, 1.165) is 29.0 Å². The Kier molecular flexibility index (Phi) is 5.88. The summed E-state index contributed by atoms with van der Waals surface area (Å²) in [5.74, 6) is 1.86. The van der Waals surface area contributed by atoms with Gasteiger partial charge < -0.3 is 9.47 Å². The summed E-state index contributed by atoms with van der Waals surface area (Å²) < 4.78 is 13.0. The molecule has 174 valence electrons. The normalized spacial score (nSPS) is 21.2. The van der Waals surface area contributed by atoms with Crippen LogP contribution in [0.4, 0.5) is 0 Å². The summed E-state index contributed by atoms with van der Waals surface area (Å²) in [5.41, 5.74) is 2.28. The molecule has 1 heterocycles. The Morgan fingerprint density at radius 1 is 0.647 bits per heavy atom. The minimum atomic E-state index is 0.229. The Balaban J connectivity index is 1.53. The Morgan fingerprint density at radius 3 is 1.91 bits per heavy atom. The summed E-state index contributed by atoms with van der Waals surface area (Å²) in [6.07, 6.45) is 7.78. The second kappa shape index (κ2) is 9.31. The Labute approximate surface area is 202 Å². The van der Waals surface area contributed by atoms with E-state index >= 15 is 0 Å². The first-order valence-electron chi connectivity index (χ1n) is 12.8. The molecular weight excluding hydrogens is 418 g/mol. The van der Waals surface area contributed by atoms with Crippen molar-refractivity contribution in [3.05, 3.63) is 72.8 Å². The highest BCUT2D eigenvalue weighted by Gasteiger charge is 2.34. The summed E-state index contributed by atoms with van der Waals surface area (Å²) in [7, 11) is 1.77. The van der Waals surface area contributed by atoms with Gasteiger partial charge in [-0.05, 0) is 78.9 Å². The maximum Gasteiger partial charge on any atom is 0.128 e. The van der Waals surface area contributed by atoms with E-state index < -0.39 is 0 Å². The summed E-state index contributed by atoms with van der Waals surface area (Å²) in [6.45, 7) is 2.43. The van der Waals surface area contributed by atoms with E-state index in [1.165, 1.54) is 66.7 Å². The molecule has 3 heteroatoms. The average Bonchev–Trinajstić information content (AvgIpc) is 3.43. The molecule has 6 rings (SSSR count). The molecule has 3 nitrogen and oxygen atoms in total. The molecule has 34 heavy (non-hydrogen) atoms. The molecule has 1 aliphatic heterocycles. The molecule has 0 aromatic heterocycles. The molecule has 0 unspecified atom stereocenters. The average molecular weight is 452 g/mol. The van der Waals surface area contributed by atoms with E-state index in [-0.39, 0.29) is 6.10 Å². The van der Waals surface area contributed by atoms with E-state index in [0.29, 0.717) is 6.04 Å². The molecule has 0 amide bonds. The molecule has 1 saturated heterocycles. The van der Waals surface area contributed by atoms with Crippen molar-refractivity contribution in [1.82, 2.24) is 4.90 Å². The Morgan fingerprint density at radius 2 is 1.24 bits per heavy atom. The summed E-state index contributed by atoms with van der Waals surface area (Å²) in [5, 5.41) is 4.84. The van der Waals surface area contributed by atoms with Gasteiger partial charge in [0.15, 0.2) is 0 Å². The lowest BCUT2D eigenvalue weighted by atomic mass is 9.90. The first-order valence-corrected chi connectivity index (χ1v) is 12.8. The van der Waals surface area contributed by atoms with Gasteiger partial charge in [-0.1, -0.05) is 67.1 Å². The number of nitrogens with zero attached hydrogens (tertiary/aromatic N) is 1. The van der Waals surface area contributed by atoms with Crippen molar-refractivity contribution in [1.29, 1.82) is 0 Å². The fourth-order valence-corrected chi connectivity index (χ4v) is 6.16. The number of rotatable bonds is 5. The minimum absolute atomic E-state index is 0.229. The van der Waals surface area contributed by atoms with E-state index in [1.54, 1.807) is 7.11 Å². The molecular formula is C31H33NO2. The zero-order chi connectivity index (χ0) is 22.9. The number of hydrogen-bond acceptors (Lipinski definition) is 3. The molecule has 4 aromatic rings. The summed E-state index contributed by atoms with van der Waals surface area (Å²) in [6, 6.07) is 26.4. The van der Waals surface area contributed by atoms with Crippen LogP contribution in [0.25, 0.3) is 32.7 Å². The highest BCUT2D eigenvalue weighted by molar-refractivity contribution is 6.09. The Bertz CT molecular complexity index is 1310. The van der Waals surface area contributed by atoms with Crippen LogP contribution in [0.15, 0.2) is 72.8 Å². The number of ether oxygens (including phenoxy) is 2. The van der Waals surface area contributed by atoms with Gasteiger partial charge in [-0.15, -0.1) is 0 Å². The van der Waals surface area contributed by atoms with Crippen molar-refractivity contribution in [2.24, 2.45) is 0 Å². The third-order valence-corrected chi connectivity index (χ3v) is 7.81. The fourth-order valence-electron chi connectivity index (χ4n) is 6.16. The second-order valence-electron chi connectivity index (χ2n) is 9.77. The maximum absolute atomic E-state index is 7.03. The topological polar surface area (TPSA) is 21.7 Å². The third-order valence-electron chi connectivity index (χ3n) is 7.81. The van der Waals surface area contributed by atoms with Crippen molar-refractivity contribution in [2.45, 2.75) is 50.7 Å². The van der Waals surface area contributed by atoms with E-state index in [9.17, 15) is 0 Å². The molecule has 2 fully saturated rings. The first kappa shape index (κ1) is 21.5. The number of likely N-dealkylation sites (tertiary alicyclic amines) is 1. The third kappa shape index (κ3) is 3.82. The lowest BCUT2D eigenvalue weighted by molar-refractivity contribution is 0.0490. The fraction of sp³-hybridized carbons (Fsp3) is 0.355. The SMILES string of the molecule is COc1ccc2ccccc2c1-c1c(O[C@H]2CCCC[C@@H]2N2CCCC2)ccc2ccccc12. The van der Waals surface area contributed by atoms with Crippen LogP contribution in [0.5, 0.6) is 11.5 Å².